The molecule has 1 saturated carbocycles. The Bertz CT molecular complexity index is 557. The number of amides is 1. The third-order valence-corrected chi connectivity index (χ3v) is 5.48. The summed E-state index contributed by atoms with van der Waals surface area (Å²) >= 11 is 0. The summed E-state index contributed by atoms with van der Waals surface area (Å²) in [5.41, 5.74) is 1.79. The second kappa shape index (κ2) is 11.3. The Morgan fingerprint density at radius 1 is 1.04 bits per heavy atom. The Kier molecular flexibility index (Phi) is 9.76. The highest BCUT2D eigenvalue weighted by atomic mass is 16.1. The summed E-state index contributed by atoms with van der Waals surface area (Å²) in [6, 6.07) is 10.1. The first-order chi connectivity index (χ1) is 12.8. The third kappa shape index (κ3) is 7.86. The molecule has 0 bridgehead atoms. The summed E-state index contributed by atoms with van der Waals surface area (Å²) in [5, 5.41) is 0. The first kappa shape index (κ1) is 23.4. The third-order valence-electron chi connectivity index (χ3n) is 5.48. The molecule has 1 aliphatic carbocycles. The van der Waals surface area contributed by atoms with Crippen LogP contribution in [0.25, 0.3) is 0 Å². The smallest absolute Gasteiger partial charge is 0.210 e. The van der Waals surface area contributed by atoms with Gasteiger partial charge in [-0.15, -0.1) is 0 Å². The zero-order chi connectivity index (χ0) is 20.4. The second-order valence-corrected chi connectivity index (χ2v) is 8.55. The molecule has 3 rings (SSSR count). The number of Topliss-reactive ketones (excluding diaryl/α,β-unsaturated/α-hetero) is 1. The summed E-state index contributed by atoms with van der Waals surface area (Å²) < 4.78 is 0. The van der Waals surface area contributed by atoms with Gasteiger partial charge in [-0.1, -0.05) is 71.9 Å². The van der Waals surface area contributed by atoms with Crippen LogP contribution < -0.4 is 0 Å². The van der Waals surface area contributed by atoms with Gasteiger partial charge in [0.15, 0.2) is 0 Å². The van der Waals surface area contributed by atoms with Gasteiger partial charge in [0.05, 0.1) is 0 Å². The Morgan fingerprint density at radius 2 is 1.59 bits per heavy atom. The topological polar surface area (TPSA) is 37.4 Å². The number of benzene rings is 1. The van der Waals surface area contributed by atoms with Crippen molar-refractivity contribution < 1.29 is 9.59 Å². The average Bonchev–Trinajstić information content (AvgIpc) is 3.49. The molecule has 0 aromatic heterocycles. The first-order valence-electron chi connectivity index (χ1n) is 10.6. The van der Waals surface area contributed by atoms with Crippen LogP contribution in [0.3, 0.4) is 0 Å². The minimum atomic E-state index is 0.0242. The summed E-state index contributed by atoms with van der Waals surface area (Å²) in [4.78, 5) is 24.8. The van der Waals surface area contributed by atoms with Gasteiger partial charge in [0, 0.05) is 24.9 Å². The molecule has 0 spiro atoms. The maximum atomic E-state index is 11.8. The monoisotopic (exact) mass is 373 g/mol. The van der Waals surface area contributed by atoms with Crippen molar-refractivity contribution in [1.82, 2.24) is 4.90 Å². The Hall–Kier alpha value is -1.64. The highest BCUT2D eigenvalue weighted by Crippen LogP contribution is 2.44. The molecular weight excluding hydrogens is 334 g/mol. The molecule has 0 N–H and O–H groups in total. The van der Waals surface area contributed by atoms with E-state index < -0.39 is 0 Å². The van der Waals surface area contributed by atoms with Gasteiger partial charge in [-0.25, -0.2) is 0 Å². The van der Waals surface area contributed by atoms with E-state index in [1.54, 1.807) is 0 Å². The number of hydrogen-bond acceptors (Lipinski definition) is 2. The van der Waals surface area contributed by atoms with Gasteiger partial charge in [-0.05, 0) is 42.6 Å². The van der Waals surface area contributed by atoms with Crippen LogP contribution in [-0.4, -0.2) is 29.2 Å². The number of carbonyl (C=O) groups is 2. The van der Waals surface area contributed by atoms with E-state index in [1.165, 1.54) is 18.4 Å². The molecule has 2 fully saturated rings. The van der Waals surface area contributed by atoms with Crippen molar-refractivity contribution in [1.29, 1.82) is 0 Å². The van der Waals surface area contributed by atoms with Crippen LogP contribution in [0.15, 0.2) is 30.3 Å². The lowest BCUT2D eigenvalue weighted by molar-refractivity contribution is -0.132. The van der Waals surface area contributed by atoms with Crippen molar-refractivity contribution >= 4 is 12.2 Å². The number of piperidine rings is 1. The van der Waals surface area contributed by atoms with Crippen molar-refractivity contribution in [3.8, 4) is 0 Å². The first-order valence-corrected chi connectivity index (χ1v) is 10.6. The predicted octanol–water partition coefficient (Wildman–Crippen LogP) is 5.67. The van der Waals surface area contributed by atoms with Crippen molar-refractivity contribution in [3.05, 3.63) is 35.9 Å². The van der Waals surface area contributed by atoms with E-state index in [0.29, 0.717) is 18.3 Å². The molecule has 3 heteroatoms. The van der Waals surface area contributed by atoms with Crippen LogP contribution in [0.4, 0.5) is 0 Å². The molecule has 27 heavy (non-hydrogen) atoms. The Balaban J connectivity index is 0.000000338. The van der Waals surface area contributed by atoms with Crippen molar-refractivity contribution in [2.24, 2.45) is 11.3 Å². The molecule has 2 aliphatic rings. The fourth-order valence-corrected chi connectivity index (χ4v) is 3.66. The number of ketones is 1. The maximum Gasteiger partial charge on any atom is 0.210 e. The summed E-state index contributed by atoms with van der Waals surface area (Å²) in [5.74, 6) is 1.33. The zero-order valence-electron chi connectivity index (χ0n) is 18.2. The molecule has 1 aromatic carbocycles. The number of nitrogens with zero attached hydrogens (tertiary/aromatic N) is 1. The van der Waals surface area contributed by atoms with Crippen molar-refractivity contribution in [3.63, 3.8) is 0 Å². The summed E-state index contributed by atoms with van der Waals surface area (Å²) in [6.45, 7) is 13.0. The minimum absolute atomic E-state index is 0.0242. The van der Waals surface area contributed by atoms with Gasteiger partial charge in [0.1, 0.15) is 5.78 Å². The normalized spacial score (nSPS) is 22.1. The molecular formula is C24H39NO2. The quantitative estimate of drug-likeness (QED) is 0.638. The SMILES string of the molecule is CC.CC(C)(C)C1CC1.CC[C@@H]1CC(=O)C[C@H](Cc2ccccc2)N1C=O. The molecule has 152 valence electrons. The van der Waals surface area contributed by atoms with Gasteiger partial charge in [-0.3, -0.25) is 9.59 Å². The fraction of sp³-hybridized carbons (Fsp3) is 0.667. The molecule has 0 radical (unpaired) electrons. The van der Waals surface area contributed by atoms with Gasteiger partial charge in [-0.2, -0.15) is 0 Å². The van der Waals surface area contributed by atoms with E-state index >= 15 is 0 Å². The number of rotatable bonds is 4. The molecule has 2 atom stereocenters. The average molecular weight is 374 g/mol. The fourth-order valence-electron chi connectivity index (χ4n) is 3.66. The van der Waals surface area contributed by atoms with Crippen LogP contribution >= 0.6 is 0 Å². The van der Waals surface area contributed by atoms with Crippen LogP contribution in [0.5, 0.6) is 0 Å². The lowest BCUT2D eigenvalue weighted by Crippen LogP contribution is -2.49. The molecule has 1 amide bonds. The van der Waals surface area contributed by atoms with E-state index in [1.807, 2.05) is 56.0 Å². The van der Waals surface area contributed by atoms with E-state index in [4.69, 9.17) is 0 Å². The lowest BCUT2D eigenvalue weighted by Gasteiger charge is -2.38. The molecule has 1 aromatic rings. The molecule has 1 aliphatic heterocycles. The van der Waals surface area contributed by atoms with Crippen LogP contribution in [0.1, 0.15) is 79.2 Å². The zero-order valence-corrected chi connectivity index (χ0v) is 18.2. The van der Waals surface area contributed by atoms with Crippen LogP contribution in [0.2, 0.25) is 0 Å². The van der Waals surface area contributed by atoms with Gasteiger partial charge in [0.25, 0.3) is 0 Å². The molecule has 3 nitrogen and oxygen atoms in total. The Morgan fingerprint density at radius 3 is 2.00 bits per heavy atom. The second-order valence-electron chi connectivity index (χ2n) is 8.55. The summed E-state index contributed by atoms with van der Waals surface area (Å²) in [6.07, 6.45) is 6.48. The maximum absolute atomic E-state index is 11.8. The van der Waals surface area contributed by atoms with Gasteiger partial charge >= 0.3 is 0 Å². The molecule has 0 unspecified atom stereocenters. The van der Waals surface area contributed by atoms with E-state index in [0.717, 1.165) is 25.2 Å². The number of hydrogen-bond donors (Lipinski definition) is 0. The van der Waals surface area contributed by atoms with Gasteiger partial charge < -0.3 is 4.90 Å². The highest BCUT2D eigenvalue weighted by Gasteiger charge is 2.33. The van der Waals surface area contributed by atoms with E-state index in [9.17, 15) is 9.59 Å². The van der Waals surface area contributed by atoms with Crippen molar-refractivity contribution in [2.75, 3.05) is 0 Å². The highest BCUT2D eigenvalue weighted by molar-refractivity contribution is 5.81. The van der Waals surface area contributed by atoms with Crippen molar-refractivity contribution in [2.45, 2.75) is 92.2 Å². The summed E-state index contributed by atoms with van der Waals surface area (Å²) in [7, 11) is 0. The minimum Gasteiger partial charge on any atom is -0.338 e. The predicted molar refractivity (Wildman–Crippen MR) is 114 cm³/mol. The molecule has 1 heterocycles. The standard InChI is InChI=1S/C15H19NO2.C7H14.C2H6/c1-2-13-9-15(18)10-14(16(13)11-17)8-12-6-4-3-5-7-12;1-7(2,3)6-4-5-6;1-2/h3-7,11,13-14H,2,8-10H2,1H3;6H,4-5H2,1-3H3;1-2H3/t13-,14+;;/m1../s1. The number of likely N-dealkylation sites (tertiary alicyclic amines) is 1. The van der Waals surface area contributed by atoms with Gasteiger partial charge in [0.2, 0.25) is 6.41 Å². The van der Waals surface area contributed by atoms with E-state index in [2.05, 4.69) is 20.8 Å². The lowest BCUT2D eigenvalue weighted by atomic mass is 9.90. The number of carbonyl (C=O) groups excluding carboxylic acids is 2. The van der Waals surface area contributed by atoms with Crippen LogP contribution in [0, 0.1) is 11.3 Å². The van der Waals surface area contributed by atoms with E-state index in [-0.39, 0.29) is 17.9 Å². The molecule has 1 saturated heterocycles. The largest absolute Gasteiger partial charge is 0.338 e. The Labute approximate surface area is 166 Å². The van der Waals surface area contributed by atoms with Crippen LogP contribution in [-0.2, 0) is 16.0 Å².